The second-order valence-electron chi connectivity index (χ2n) is 4.15. The van der Waals surface area contributed by atoms with Crippen LogP contribution in [0.3, 0.4) is 0 Å². The van der Waals surface area contributed by atoms with Crippen LogP contribution in [0.1, 0.15) is 25.3 Å². The molecule has 0 aromatic heterocycles. The predicted molar refractivity (Wildman–Crippen MR) is 70.8 cm³/mol. The molecule has 1 aromatic carbocycles. The number of ether oxygens (including phenoxy) is 1. The molecule has 0 saturated heterocycles. The first kappa shape index (κ1) is 13.7. The summed E-state index contributed by atoms with van der Waals surface area (Å²) in [5, 5.41) is 0.685. The van der Waals surface area contributed by atoms with Gasteiger partial charge in [0.25, 0.3) is 0 Å². The first-order valence-electron chi connectivity index (χ1n) is 5.58. The molecule has 1 unspecified atom stereocenters. The fourth-order valence-corrected chi connectivity index (χ4v) is 2.09. The number of halogens is 2. The molecule has 0 fully saturated rings. The fourth-order valence-electron chi connectivity index (χ4n) is 1.42. The smallest absolute Gasteiger partial charge is 0.137 e. The molecule has 0 saturated carbocycles. The van der Waals surface area contributed by atoms with Gasteiger partial charge >= 0.3 is 0 Å². The Morgan fingerprint density at radius 3 is 2.69 bits per heavy atom. The molecule has 0 aliphatic carbocycles. The molecule has 16 heavy (non-hydrogen) atoms. The number of hydrogen-bond acceptors (Lipinski definition) is 1. The second-order valence-corrected chi connectivity index (χ2v) is 4.94. The maximum atomic E-state index is 6.06. The van der Waals surface area contributed by atoms with Gasteiger partial charge in [0, 0.05) is 5.88 Å². The summed E-state index contributed by atoms with van der Waals surface area (Å²) in [5.74, 6) is 2.08. The Balaban J connectivity index is 2.37. The van der Waals surface area contributed by atoms with Crippen molar-refractivity contribution in [3.63, 3.8) is 0 Å². The lowest BCUT2D eigenvalue weighted by atomic mass is 10.1. The summed E-state index contributed by atoms with van der Waals surface area (Å²) in [6, 6.07) is 5.84. The van der Waals surface area contributed by atoms with E-state index in [0.29, 0.717) is 23.4 Å². The minimum atomic E-state index is 0.599. The van der Waals surface area contributed by atoms with Gasteiger partial charge in [-0.15, -0.1) is 11.6 Å². The standard InChI is InChI=1S/C13H18Cl2O/c1-10(5-7-14)6-8-16-13-4-3-11(2)9-12(13)15/h3-4,9-10H,5-8H2,1-2H3. The van der Waals surface area contributed by atoms with Crippen molar-refractivity contribution in [3.05, 3.63) is 28.8 Å². The van der Waals surface area contributed by atoms with Gasteiger partial charge in [-0.1, -0.05) is 24.6 Å². The Kier molecular flexibility index (Phi) is 6.00. The largest absolute Gasteiger partial charge is 0.492 e. The molecule has 0 radical (unpaired) electrons. The Morgan fingerprint density at radius 1 is 1.31 bits per heavy atom. The summed E-state index contributed by atoms with van der Waals surface area (Å²) >= 11 is 11.7. The molecule has 0 N–H and O–H groups in total. The first-order valence-corrected chi connectivity index (χ1v) is 6.49. The zero-order valence-corrected chi connectivity index (χ0v) is 11.3. The summed E-state index contributed by atoms with van der Waals surface area (Å²) in [7, 11) is 0. The third-order valence-corrected chi connectivity index (χ3v) is 3.07. The van der Waals surface area contributed by atoms with Crippen LogP contribution in [0, 0.1) is 12.8 Å². The van der Waals surface area contributed by atoms with Crippen molar-refractivity contribution in [3.8, 4) is 5.75 Å². The van der Waals surface area contributed by atoms with Gasteiger partial charge in [0.05, 0.1) is 11.6 Å². The van der Waals surface area contributed by atoms with E-state index in [1.165, 1.54) is 0 Å². The maximum absolute atomic E-state index is 6.06. The van der Waals surface area contributed by atoms with Gasteiger partial charge in [-0.2, -0.15) is 0 Å². The zero-order chi connectivity index (χ0) is 12.0. The minimum absolute atomic E-state index is 0.599. The van der Waals surface area contributed by atoms with E-state index in [9.17, 15) is 0 Å². The molecule has 1 nitrogen and oxygen atoms in total. The summed E-state index contributed by atoms with van der Waals surface area (Å²) < 4.78 is 5.63. The molecular weight excluding hydrogens is 243 g/mol. The molecule has 0 amide bonds. The minimum Gasteiger partial charge on any atom is -0.492 e. The molecule has 0 aliphatic heterocycles. The third-order valence-electron chi connectivity index (χ3n) is 2.56. The quantitative estimate of drug-likeness (QED) is 0.675. The Labute approximate surface area is 108 Å². The normalized spacial score (nSPS) is 12.5. The fraction of sp³-hybridized carbons (Fsp3) is 0.538. The molecule has 0 aliphatic rings. The van der Waals surface area contributed by atoms with Gasteiger partial charge in [0.2, 0.25) is 0 Å². The summed E-state index contributed by atoms with van der Waals surface area (Å²) in [5.41, 5.74) is 1.15. The Bertz CT molecular complexity index is 326. The summed E-state index contributed by atoms with van der Waals surface area (Å²) in [4.78, 5) is 0. The monoisotopic (exact) mass is 260 g/mol. The SMILES string of the molecule is Cc1ccc(OCCC(C)CCCl)c(Cl)c1. The third kappa shape index (κ3) is 4.63. The van der Waals surface area contributed by atoms with Gasteiger partial charge < -0.3 is 4.74 Å². The van der Waals surface area contributed by atoms with E-state index in [0.717, 1.165) is 24.2 Å². The number of benzene rings is 1. The first-order chi connectivity index (χ1) is 7.63. The number of rotatable bonds is 6. The van der Waals surface area contributed by atoms with Crippen LogP contribution in [-0.2, 0) is 0 Å². The van der Waals surface area contributed by atoms with Crippen molar-refractivity contribution < 1.29 is 4.74 Å². The van der Waals surface area contributed by atoms with E-state index >= 15 is 0 Å². The van der Waals surface area contributed by atoms with E-state index in [1.54, 1.807) is 0 Å². The van der Waals surface area contributed by atoms with Crippen LogP contribution in [0.25, 0.3) is 0 Å². The topological polar surface area (TPSA) is 9.23 Å². The van der Waals surface area contributed by atoms with Crippen molar-refractivity contribution in [2.75, 3.05) is 12.5 Å². The van der Waals surface area contributed by atoms with Crippen LogP contribution in [0.5, 0.6) is 5.75 Å². The van der Waals surface area contributed by atoms with Crippen LogP contribution in [0.4, 0.5) is 0 Å². The van der Waals surface area contributed by atoms with Crippen LogP contribution in [0.2, 0.25) is 5.02 Å². The van der Waals surface area contributed by atoms with Crippen molar-refractivity contribution in [2.45, 2.75) is 26.7 Å². The predicted octanol–water partition coefficient (Wildman–Crippen LogP) is 4.68. The Hall–Kier alpha value is -0.400. The molecule has 1 rings (SSSR count). The lowest BCUT2D eigenvalue weighted by Crippen LogP contribution is -2.05. The van der Waals surface area contributed by atoms with Gasteiger partial charge in [0.1, 0.15) is 5.75 Å². The van der Waals surface area contributed by atoms with Gasteiger partial charge in [-0.05, 0) is 43.4 Å². The molecule has 1 atom stereocenters. The van der Waals surface area contributed by atoms with E-state index < -0.39 is 0 Å². The highest BCUT2D eigenvalue weighted by Crippen LogP contribution is 2.25. The molecule has 1 aromatic rings. The number of alkyl halides is 1. The van der Waals surface area contributed by atoms with E-state index in [4.69, 9.17) is 27.9 Å². The van der Waals surface area contributed by atoms with Crippen molar-refractivity contribution in [2.24, 2.45) is 5.92 Å². The van der Waals surface area contributed by atoms with Crippen LogP contribution >= 0.6 is 23.2 Å². The lowest BCUT2D eigenvalue weighted by molar-refractivity contribution is 0.282. The summed E-state index contributed by atoms with van der Waals surface area (Å²) in [6.45, 7) is 4.89. The molecule has 90 valence electrons. The van der Waals surface area contributed by atoms with Crippen LogP contribution < -0.4 is 4.74 Å². The average molecular weight is 261 g/mol. The lowest BCUT2D eigenvalue weighted by Gasteiger charge is -2.12. The highest BCUT2D eigenvalue weighted by molar-refractivity contribution is 6.32. The van der Waals surface area contributed by atoms with Gasteiger partial charge in [0.15, 0.2) is 0 Å². The highest BCUT2D eigenvalue weighted by Gasteiger charge is 2.04. The highest BCUT2D eigenvalue weighted by atomic mass is 35.5. The Morgan fingerprint density at radius 2 is 2.06 bits per heavy atom. The second kappa shape index (κ2) is 7.03. The van der Waals surface area contributed by atoms with Crippen molar-refractivity contribution in [1.82, 2.24) is 0 Å². The molecular formula is C13H18Cl2O. The number of aryl methyl sites for hydroxylation is 1. The maximum Gasteiger partial charge on any atom is 0.137 e. The number of hydrogen-bond donors (Lipinski definition) is 0. The molecule has 0 bridgehead atoms. The van der Waals surface area contributed by atoms with E-state index in [1.807, 2.05) is 25.1 Å². The summed E-state index contributed by atoms with van der Waals surface area (Å²) in [6.07, 6.45) is 2.05. The van der Waals surface area contributed by atoms with Crippen molar-refractivity contribution >= 4 is 23.2 Å². The zero-order valence-electron chi connectivity index (χ0n) is 9.80. The molecule has 0 spiro atoms. The van der Waals surface area contributed by atoms with E-state index in [2.05, 4.69) is 6.92 Å². The average Bonchev–Trinajstić information content (AvgIpc) is 2.22. The van der Waals surface area contributed by atoms with Crippen LogP contribution in [-0.4, -0.2) is 12.5 Å². The molecule has 3 heteroatoms. The van der Waals surface area contributed by atoms with Crippen molar-refractivity contribution in [1.29, 1.82) is 0 Å². The van der Waals surface area contributed by atoms with Crippen LogP contribution in [0.15, 0.2) is 18.2 Å². The van der Waals surface area contributed by atoms with E-state index in [-0.39, 0.29) is 0 Å². The van der Waals surface area contributed by atoms with Gasteiger partial charge in [-0.3, -0.25) is 0 Å². The molecule has 0 heterocycles. The van der Waals surface area contributed by atoms with Gasteiger partial charge in [-0.25, -0.2) is 0 Å².